The monoisotopic (exact) mass is 282 g/mol. The van der Waals surface area contributed by atoms with Crippen LogP contribution in [-0.4, -0.2) is 29.4 Å². The minimum Gasteiger partial charge on any atom is -0.432 e. The van der Waals surface area contributed by atoms with Crippen LogP contribution in [0.2, 0.25) is 0 Å². The van der Waals surface area contributed by atoms with Crippen molar-refractivity contribution in [3.8, 4) is 5.75 Å². The van der Waals surface area contributed by atoms with E-state index in [-0.39, 0.29) is 11.4 Å². The molecule has 0 saturated heterocycles. The molecule has 8 heteroatoms. The average Bonchev–Trinajstić information content (AvgIpc) is 2.23. The lowest BCUT2D eigenvalue weighted by Crippen LogP contribution is -2.12. The van der Waals surface area contributed by atoms with E-state index in [4.69, 9.17) is 5.73 Å². The number of rotatable bonds is 6. The fraction of sp³-hybridized carbons (Fsp3) is 0.400. The molecule has 1 rings (SSSR count). The predicted octanol–water partition coefficient (Wildman–Crippen LogP) is 1.80. The third-order valence-corrected chi connectivity index (χ3v) is 2.80. The quantitative estimate of drug-likeness (QED) is 0.781. The second-order valence-electron chi connectivity index (χ2n) is 3.45. The van der Waals surface area contributed by atoms with E-state index in [9.17, 15) is 17.4 Å². The molecule has 0 aliphatic rings. The summed E-state index contributed by atoms with van der Waals surface area (Å²) in [6, 6.07) is 1.94. The molecule has 0 aromatic heterocycles. The van der Waals surface area contributed by atoms with Crippen LogP contribution in [0.4, 0.5) is 24.5 Å². The van der Waals surface area contributed by atoms with Crippen molar-refractivity contribution in [2.24, 2.45) is 0 Å². The van der Waals surface area contributed by atoms with Gasteiger partial charge in [-0.15, -0.1) is 0 Å². The minimum atomic E-state index is -3.11. The van der Waals surface area contributed by atoms with Gasteiger partial charge in [-0.3, -0.25) is 4.21 Å². The number of nitrogens with two attached hydrogens (primary N) is 1. The van der Waals surface area contributed by atoms with Crippen molar-refractivity contribution in [2.75, 3.05) is 29.6 Å². The number of nitrogen functional groups attached to an aromatic ring is 1. The summed E-state index contributed by atoms with van der Waals surface area (Å²) >= 11 is 0. The Labute approximate surface area is 105 Å². The average molecular weight is 282 g/mol. The largest absolute Gasteiger partial charge is 0.432 e. The lowest BCUT2D eigenvalue weighted by Gasteiger charge is -2.12. The molecule has 4 nitrogen and oxygen atoms in total. The van der Waals surface area contributed by atoms with Crippen LogP contribution in [0, 0.1) is 5.82 Å². The maximum atomic E-state index is 13.2. The molecular formula is C10H13F3N2O2S. The first kappa shape index (κ1) is 14.6. The number of halogens is 3. The highest BCUT2D eigenvalue weighted by atomic mass is 32.2. The number of nitrogens with one attached hydrogen (secondary N) is 1. The molecule has 0 radical (unpaired) electrons. The molecule has 1 aromatic rings. The molecule has 0 fully saturated rings. The Morgan fingerprint density at radius 1 is 1.50 bits per heavy atom. The standard InChI is InChI=1S/C10H13F3N2O2S/c1-18(16)3-2-15-8-5-9(17-10(12)13)6(11)4-7(8)14/h4-5,10,15H,2-3,14H2,1H3. The molecule has 1 atom stereocenters. The zero-order valence-electron chi connectivity index (χ0n) is 9.58. The molecule has 3 N–H and O–H groups in total. The minimum absolute atomic E-state index is 0.0657. The van der Waals surface area contributed by atoms with Crippen LogP contribution in [-0.2, 0) is 10.8 Å². The van der Waals surface area contributed by atoms with E-state index in [1.165, 1.54) is 6.26 Å². The van der Waals surface area contributed by atoms with Gasteiger partial charge in [-0.25, -0.2) is 4.39 Å². The molecule has 0 aliphatic heterocycles. The number of benzene rings is 1. The Morgan fingerprint density at radius 2 is 2.17 bits per heavy atom. The second kappa shape index (κ2) is 6.48. The van der Waals surface area contributed by atoms with E-state index in [0.29, 0.717) is 12.3 Å². The molecule has 0 bridgehead atoms. The molecule has 0 saturated carbocycles. The van der Waals surface area contributed by atoms with Crippen molar-refractivity contribution in [1.82, 2.24) is 0 Å². The van der Waals surface area contributed by atoms with Crippen LogP contribution in [0.15, 0.2) is 12.1 Å². The van der Waals surface area contributed by atoms with Crippen molar-refractivity contribution >= 4 is 22.2 Å². The van der Waals surface area contributed by atoms with E-state index in [1.807, 2.05) is 0 Å². The normalized spacial score (nSPS) is 12.5. The van der Waals surface area contributed by atoms with Gasteiger partial charge in [0.05, 0.1) is 11.4 Å². The highest BCUT2D eigenvalue weighted by Gasteiger charge is 2.13. The summed E-state index contributed by atoms with van der Waals surface area (Å²) in [5.41, 5.74) is 5.84. The van der Waals surface area contributed by atoms with E-state index in [0.717, 1.165) is 12.1 Å². The van der Waals surface area contributed by atoms with E-state index in [1.54, 1.807) is 0 Å². The molecule has 18 heavy (non-hydrogen) atoms. The highest BCUT2D eigenvalue weighted by molar-refractivity contribution is 7.84. The van der Waals surface area contributed by atoms with Crippen LogP contribution >= 0.6 is 0 Å². The number of alkyl halides is 2. The molecule has 102 valence electrons. The summed E-state index contributed by atoms with van der Waals surface area (Å²) in [4.78, 5) is 0. The maximum Gasteiger partial charge on any atom is 0.387 e. The molecule has 0 aliphatic carbocycles. The third-order valence-electron chi connectivity index (χ3n) is 2.03. The third kappa shape index (κ3) is 4.44. The van der Waals surface area contributed by atoms with E-state index >= 15 is 0 Å². The summed E-state index contributed by atoms with van der Waals surface area (Å²) < 4.78 is 52.1. The smallest absolute Gasteiger partial charge is 0.387 e. The Hall–Kier alpha value is -1.44. The van der Waals surface area contributed by atoms with Crippen LogP contribution < -0.4 is 15.8 Å². The number of anilines is 2. The Bertz CT molecular complexity index is 443. The van der Waals surface area contributed by atoms with Crippen molar-refractivity contribution in [2.45, 2.75) is 6.61 Å². The first-order valence-electron chi connectivity index (χ1n) is 4.98. The summed E-state index contributed by atoms with van der Waals surface area (Å²) in [6.07, 6.45) is 1.53. The van der Waals surface area contributed by atoms with Crippen LogP contribution in [0.25, 0.3) is 0 Å². The summed E-state index contributed by atoms with van der Waals surface area (Å²) in [7, 11) is -0.993. The Kier molecular flexibility index (Phi) is 5.26. The van der Waals surface area contributed by atoms with Crippen LogP contribution in [0.5, 0.6) is 5.75 Å². The van der Waals surface area contributed by atoms with Gasteiger partial charge in [0, 0.05) is 41.5 Å². The van der Waals surface area contributed by atoms with E-state index in [2.05, 4.69) is 10.1 Å². The topological polar surface area (TPSA) is 64.3 Å². The number of ether oxygens (including phenoxy) is 1. The van der Waals surface area contributed by atoms with Gasteiger partial charge in [0.2, 0.25) is 0 Å². The maximum absolute atomic E-state index is 13.2. The Morgan fingerprint density at radius 3 is 2.72 bits per heavy atom. The van der Waals surface area contributed by atoms with Gasteiger partial charge in [-0.2, -0.15) is 8.78 Å². The number of hydrogen-bond donors (Lipinski definition) is 2. The molecular weight excluding hydrogens is 269 g/mol. The van der Waals surface area contributed by atoms with Gasteiger partial charge in [-0.05, 0) is 0 Å². The first-order valence-corrected chi connectivity index (χ1v) is 6.70. The Balaban J connectivity index is 2.80. The van der Waals surface area contributed by atoms with Gasteiger partial charge < -0.3 is 15.8 Å². The first-order chi connectivity index (χ1) is 8.40. The summed E-state index contributed by atoms with van der Waals surface area (Å²) in [5, 5.41) is 2.78. The van der Waals surface area contributed by atoms with Gasteiger partial charge >= 0.3 is 6.61 Å². The molecule has 0 spiro atoms. The zero-order chi connectivity index (χ0) is 13.7. The summed E-state index contributed by atoms with van der Waals surface area (Å²) in [6.45, 7) is -2.79. The molecule has 1 aromatic carbocycles. The van der Waals surface area contributed by atoms with Crippen LogP contribution in [0.1, 0.15) is 0 Å². The molecule has 0 heterocycles. The van der Waals surface area contributed by atoms with Gasteiger partial charge in [-0.1, -0.05) is 0 Å². The summed E-state index contributed by atoms with van der Waals surface area (Å²) in [5.74, 6) is -1.18. The fourth-order valence-electron chi connectivity index (χ4n) is 1.24. The zero-order valence-corrected chi connectivity index (χ0v) is 10.4. The van der Waals surface area contributed by atoms with Gasteiger partial charge in [0.1, 0.15) is 0 Å². The van der Waals surface area contributed by atoms with Crippen molar-refractivity contribution in [3.63, 3.8) is 0 Å². The molecule has 0 amide bonds. The molecule has 1 unspecified atom stereocenters. The van der Waals surface area contributed by atoms with Crippen LogP contribution in [0.3, 0.4) is 0 Å². The fourth-order valence-corrected chi connectivity index (χ4v) is 1.63. The second-order valence-corrected chi connectivity index (χ2v) is 5.01. The van der Waals surface area contributed by atoms with Gasteiger partial charge in [0.15, 0.2) is 11.6 Å². The van der Waals surface area contributed by atoms with Crippen molar-refractivity contribution < 1.29 is 22.1 Å². The van der Waals surface area contributed by atoms with Crippen molar-refractivity contribution in [3.05, 3.63) is 17.9 Å². The lowest BCUT2D eigenvalue weighted by atomic mass is 10.2. The highest BCUT2D eigenvalue weighted by Crippen LogP contribution is 2.29. The predicted molar refractivity (Wildman–Crippen MR) is 64.9 cm³/mol. The SMILES string of the molecule is CS(=O)CCNc1cc(OC(F)F)c(F)cc1N. The van der Waals surface area contributed by atoms with Gasteiger partial charge in [0.25, 0.3) is 0 Å². The van der Waals surface area contributed by atoms with E-state index < -0.39 is 29.0 Å². The number of hydrogen-bond acceptors (Lipinski definition) is 4. The lowest BCUT2D eigenvalue weighted by molar-refractivity contribution is -0.0521. The van der Waals surface area contributed by atoms with Crippen molar-refractivity contribution in [1.29, 1.82) is 0 Å².